The van der Waals surface area contributed by atoms with Crippen LogP contribution in [0.1, 0.15) is 44.2 Å². The van der Waals surface area contributed by atoms with Gasteiger partial charge in [-0.25, -0.2) is 9.50 Å². The fraction of sp³-hybridized carbons (Fsp3) is 0.379. The molecule has 1 atom stereocenters. The van der Waals surface area contributed by atoms with Crippen LogP contribution in [0, 0.1) is 0 Å². The molecule has 1 unspecified atom stereocenters. The molecular weight excluding hydrogens is 448 g/mol. The first kappa shape index (κ1) is 23.0. The van der Waals surface area contributed by atoms with Gasteiger partial charge >= 0.3 is 0 Å². The van der Waals surface area contributed by atoms with Crippen LogP contribution in [0.5, 0.6) is 11.5 Å². The highest BCUT2D eigenvalue weighted by molar-refractivity contribution is 5.88. The summed E-state index contributed by atoms with van der Waals surface area (Å²) >= 11 is 0. The first-order valence-electron chi connectivity index (χ1n) is 13.1. The van der Waals surface area contributed by atoms with Crippen molar-refractivity contribution in [2.24, 2.45) is 0 Å². The van der Waals surface area contributed by atoms with Gasteiger partial charge in [0.1, 0.15) is 23.3 Å². The molecule has 0 spiro atoms. The molecule has 0 radical (unpaired) electrons. The predicted molar refractivity (Wildman–Crippen MR) is 143 cm³/mol. The molecule has 3 N–H and O–H groups in total. The summed E-state index contributed by atoms with van der Waals surface area (Å²) in [5.41, 5.74) is 10.7. The van der Waals surface area contributed by atoms with Crippen LogP contribution in [0.25, 0.3) is 16.6 Å². The van der Waals surface area contributed by atoms with Crippen molar-refractivity contribution < 1.29 is 4.74 Å². The highest BCUT2D eigenvalue weighted by atomic mass is 16.5. The zero-order chi connectivity index (χ0) is 24.5. The van der Waals surface area contributed by atoms with Gasteiger partial charge < -0.3 is 15.8 Å². The van der Waals surface area contributed by atoms with Crippen molar-refractivity contribution in [3.63, 3.8) is 0 Å². The number of aromatic nitrogens is 3. The van der Waals surface area contributed by atoms with Gasteiger partial charge in [0.05, 0.1) is 0 Å². The molecule has 186 valence electrons. The van der Waals surface area contributed by atoms with Crippen LogP contribution in [0.2, 0.25) is 0 Å². The first-order chi connectivity index (χ1) is 17.7. The van der Waals surface area contributed by atoms with E-state index < -0.39 is 0 Å². The van der Waals surface area contributed by atoms with E-state index in [0.29, 0.717) is 23.8 Å². The quantitative estimate of drug-likeness (QED) is 0.412. The fourth-order valence-electron chi connectivity index (χ4n) is 5.96. The van der Waals surface area contributed by atoms with Crippen molar-refractivity contribution in [3.8, 4) is 22.6 Å². The van der Waals surface area contributed by atoms with Gasteiger partial charge in [-0.1, -0.05) is 30.3 Å². The average molecular weight is 483 g/mol. The Kier molecular flexibility index (Phi) is 6.34. The molecule has 1 aliphatic carbocycles. The van der Waals surface area contributed by atoms with Gasteiger partial charge in [0.2, 0.25) is 0 Å². The third kappa shape index (κ3) is 4.56. The molecule has 4 aromatic rings. The van der Waals surface area contributed by atoms with Crippen molar-refractivity contribution in [1.82, 2.24) is 24.8 Å². The Balaban J connectivity index is 1.25. The summed E-state index contributed by atoms with van der Waals surface area (Å²) in [6.07, 6.45) is 6.36. The van der Waals surface area contributed by atoms with Crippen molar-refractivity contribution >= 4 is 11.3 Å². The molecule has 2 aromatic heterocycles. The maximum absolute atomic E-state index is 6.39. The van der Waals surface area contributed by atoms with E-state index >= 15 is 0 Å². The molecule has 6 rings (SSSR count). The molecule has 0 amide bonds. The number of piperazine rings is 1. The Bertz CT molecular complexity index is 1310. The van der Waals surface area contributed by atoms with Gasteiger partial charge in [-0.3, -0.25) is 4.90 Å². The smallest absolute Gasteiger partial charge is 0.151 e. The number of anilines is 1. The molecule has 7 nitrogen and oxygen atoms in total. The van der Waals surface area contributed by atoms with Gasteiger partial charge in [0, 0.05) is 48.9 Å². The SMILES string of the molecule is CC1CN(C2CCC(c3cc(-c4ccc(Oc5ccccc5)cc4)c4c(N)ncnn34)CC2)CCN1. The second-order valence-corrected chi connectivity index (χ2v) is 10.2. The van der Waals surface area contributed by atoms with Crippen LogP contribution in [-0.4, -0.2) is 51.2 Å². The number of nitrogens with two attached hydrogens (primary N) is 1. The monoisotopic (exact) mass is 482 g/mol. The number of benzene rings is 2. The third-order valence-electron chi connectivity index (χ3n) is 7.79. The highest BCUT2D eigenvalue weighted by Gasteiger charge is 2.31. The van der Waals surface area contributed by atoms with E-state index in [2.05, 4.69) is 45.4 Å². The number of hydrogen-bond donors (Lipinski definition) is 2. The Hall–Kier alpha value is -3.42. The minimum atomic E-state index is 0.470. The second kappa shape index (κ2) is 9.91. The van der Waals surface area contributed by atoms with E-state index in [4.69, 9.17) is 10.5 Å². The van der Waals surface area contributed by atoms with E-state index in [0.717, 1.165) is 47.8 Å². The molecule has 0 bridgehead atoms. The van der Waals surface area contributed by atoms with Gasteiger partial charge in [-0.05, 0) is 68.5 Å². The summed E-state index contributed by atoms with van der Waals surface area (Å²) in [7, 11) is 0. The largest absolute Gasteiger partial charge is 0.457 e. The van der Waals surface area contributed by atoms with Crippen LogP contribution in [0.3, 0.4) is 0 Å². The van der Waals surface area contributed by atoms with E-state index in [1.807, 2.05) is 47.0 Å². The maximum atomic E-state index is 6.39. The van der Waals surface area contributed by atoms with Crippen LogP contribution in [0.4, 0.5) is 5.82 Å². The first-order valence-corrected chi connectivity index (χ1v) is 13.1. The van der Waals surface area contributed by atoms with E-state index in [1.165, 1.54) is 31.4 Å². The van der Waals surface area contributed by atoms with Crippen molar-refractivity contribution in [1.29, 1.82) is 0 Å². The van der Waals surface area contributed by atoms with Crippen molar-refractivity contribution in [3.05, 3.63) is 72.7 Å². The fourth-order valence-corrected chi connectivity index (χ4v) is 5.96. The highest BCUT2D eigenvalue weighted by Crippen LogP contribution is 2.40. The van der Waals surface area contributed by atoms with Crippen LogP contribution in [-0.2, 0) is 0 Å². The molecule has 2 fully saturated rings. The summed E-state index contributed by atoms with van der Waals surface area (Å²) in [6, 6.07) is 21.6. The summed E-state index contributed by atoms with van der Waals surface area (Å²) in [6.45, 7) is 5.70. The van der Waals surface area contributed by atoms with Crippen LogP contribution in [0.15, 0.2) is 67.0 Å². The average Bonchev–Trinajstić information content (AvgIpc) is 3.31. The lowest BCUT2D eigenvalue weighted by molar-refractivity contribution is 0.114. The molecular formula is C29H34N6O. The topological polar surface area (TPSA) is 80.7 Å². The Morgan fingerprint density at radius 1 is 0.972 bits per heavy atom. The number of nitrogens with zero attached hydrogens (tertiary/aromatic N) is 4. The van der Waals surface area contributed by atoms with E-state index in [-0.39, 0.29) is 0 Å². The van der Waals surface area contributed by atoms with Crippen LogP contribution >= 0.6 is 0 Å². The second-order valence-electron chi connectivity index (χ2n) is 10.2. The molecule has 1 aliphatic heterocycles. The molecule has 7 heteroatoms. The Morgan fingerprint density at radius 3 is 2.47 bits per heavy atom. The minimum absolute atomic E-state index is 0.470. The molecule has 1 saturated heterocycles. The lowest BCUT2D eigenvalue weighted by atomic mass is 9.83. The molecule has 2 aromatic carbocycles. The zero-order valence-electron chi connectivity index (χ0n) is 20.8. The number of rotatable bonds is 5. The standard InChI is InChI=1S/C29H34N6O/c1-20-18-34(16-15-31-20)23-11-7-22(8-12-23)27-17-26(28-29(30)32-19-33-35(27)28)21-9-13-25(14-10-21)36-24-5-3-2-4-6-24/h2-6,9-10,13-14,17,19-20,22-23,31H,7-8,11-12,15-16,18H2,1H3,(H2,30,32,33). The van der Waals surface area contributed by atoms with E-state index in [1.54, 1.807) is 6.33 Å². The number of ether oxygens (including phenoxy) is 1. The van der Waals surface area contributed by atoms with Gasteiger partial charge in [-0.2, -0.15) is 5.10 Å². The lowest BCUT2D eigenvalue weighted by Crippen LogP contribution is -2.53. The summed E-state index contributed by atoms with van der Waals surface area (Å²) < 4.78 is 8.02. The Morgan fingerprint density at radius 2 is 1.72 bits per heavy atom. The van der Waals surface area contributed by atoms with Gasteiger partial charge in [-0.15, -0.1) is 0 Å². The molecule has 1 saturated carbocycles. The number of hydrogen-bond acceptors (Lipinski definition) is 6. The minimum Gasteiger partial charge on any atom is -0.457 e. The number of fused-ring (bicyclic) bond motifs is 1. The maximum Gasteiger partial charge on any atom is 0.151 e. The number of para-hydroxylation sites is 1. The van der Waals surface area contributed by atoms with E-state index in [9.17, 15) is 0 Å². The predicted octanol–water partition coefficient (Wildman–Crippen LogP) is 5.09. The molecule has 36 heavy (non-hydrogen) atoms. The normalized spacial score (nSPS) is 23.1. The lowest BCUT2D eigenvalue weighted by Gasteiger charge is -2.41. The summed E-state index contributed by atoms with van der Waals surface area (Å²) in [5, 5.41) is 8.20. The number of nitrogens with one attached hydrogen (secondary N) is 1. The van der Waals surface area contributed by atoms with Crippen LogP contribution < -0.4 is 15.8 Å². The summed E-state index contributed by atoms with van der Waals surface area (Å²) in [4.78, 5) is 7.01. The van der Waals surface area contributed by atoms with Crippen molar-refractivity contribution in [2.75, 3.05) is 25.4 Å². The third-order valence-corrected chi connectivity index (χ3v) is 7.79. The Labute approximate surface area is 212 Å². The molecule has 3 heterocycles. The van der Waals surface area contributed by atoms with Gasteiger partial charge in [0.15, 0.2) is 5.82 Å². The number of nitrogen functional groups attached to an aromatic ring is 1. The van der Waals surface area contributed by atoms with Crippen molar-refractivity contribution in [2.45, 2.75) is 50.6 Å². The zero-order valence-corrected chi connectivity index (χ0v) is 20.8. The molecule has 2 aliphatic rings. The van der Waals surface area contributed by atoms with Gasteiger partial charge in [0.25, 0.3) is 0 Å². The summed E-state index contributed by atoms with van der Waals surface area (Å²) in [5.74, 6) is 2.61.